The number of anilines is 3. The number of nitrogens with zero attached hydrogens (tertiary/aromatic N) is 7. The monoisotopic (exact) mass is 543 g/mol. The molecule has 0 spiro atoms. The summed E-state index contributed by atoms with van der Waals surface area (Å²) >= 11 is 0. The standard InChI is InChI=1S/C30H37N7O3/c1-2-28(40)34-13-15-35(16-14-34)29-25-7-8-37(27-20-23(39)19-22-5-3-4-6-24(22)27)21-26(25)31-30(32-29)36-11-9-33(10-12-36)17-18-38/h2-6,19-20,38-39H,1,7-18,21H2. The van der Waals surface area contributed by atoms with Crippen LogP contribution < -0.4 is 14.7 Å². The van der Waals surface area contributed by atoms with E-state index < -0.39 is 0 Å². The molecule has 2 N–H and O–H groups in total. The van der Waals surface area contributed by atoms with E-state index in [1.54, 1.807) is 0 Å². The SMILES string of the molecule is C=CC(=O)N1CCN(c2nc(N3CCN(CCO)CC3)nc3c2CCN(c2cc(O)cc4ccccc24)C3)CC1. The zero-order valence-corrected chi connectivity index (χ0v) is 22.9. The fourth-order valence-electron chi connectivity index (χ4n) is 6.12. The average molecular weight is 544 g/mol. The summed E-state index contributed by atoms with van der Waals surface area (Å²) in [6, 6.07) is 11.8. The lowest BCUT2D eigenvalue weighted by atomic mass is 10.0. The number of amides is 1. The Labute approximate surface area is 234 Å². The summed E-state index contributed by atoms with van der Waals surface area (Å²) in [7, 11) is 0. The topological polar surface area (TPSA) is 99.5 Å². The molecule has 0 saturated carbocycles. The molecule has 6 rings (SSSR count). The highest BCUT2D eigenvalue weighted by Crippen LogP contribution is 2.36. The molecule has 0 unspecified atom stereocenters. The summed E-state index contributed by atoms with van der Waals surface area (Å²) in [5.41, 5.74) is 3.20. The second kappa shape index (κ2) is 11.3. The fourth-order valence-corrected chi connectivity index (χ4v) is 6.12. The average Bonchev–Trinajstić information content (AvgIpc) is 3.00. The Kier molecular flexibility index (Phi) is 7.44. The molecule has 3 aromatic rings. The van der Waals surface area contributed by atoms with Crippen molar-refractivity contribution in [3.63, 3.8) is 0 Å². The molecule has 0 atom stereocenters. The molecule has 1 amide bonds. The van der Waals surface area contributed by atoms with Gasteiger partial charge in [-0.05, 0) is 23.9 Å². The van der Waals surface area contributed by atoms with Gasteiger partial charge in [0.15, 0.2) is 0 Å². The van der Waals surface area contributed by atoms with E-state index in [1.807, 2.05) is 35.2 Å². The molecule has 210 valence electrons. The van der Waals surface area contributed by atoms with Gasteiger partial charge in [-0.2, -0.15) is 4.98 Å². The summed E-state index contributed by atoms with van der Waals surface area (Å²) in [5, 5.41) is 22.0. The number of carbonyl (C=O) groups excluding carboxylic acids is 1. The number of aromatic hydroxyl groups is 1. The van der Waals surface area contributed by atoms with E-state index in [1.165, 1.54) is 11.6 Å². The molecule has 0 bridgehead atoms. The van der Waals surface area contributed by atoms with Crippen molar-refractivity contribution in [2.75, 3.05) is 86.8 Å². The van der Waals surface area contributed by atoms with Gasteiger partial charge in [0.1, 0.15) is 11.6 Å². The Balaban J connectivity index is 1.33. The van der Waals surface area contributed by atoms with Crippen LogP contribution in [0.25, 0.3) is 10.8 Å². The number of hydrogen-bond donors (Lipinski definition) is 2. The van der Waals surface area contributed by atoms with Gasteiger partial charge in [-0.3, -0.25) is 9.69 Å². The van der Waals surface area contributed by atoms with Crippen molar-refractivity contribution in [3.05, 3.63) is 60.3 Å². The largest absolute Gasteiger partial charge is 0.508 e. The van der Waals surface area contributed by atoms with Gasteiger partial charge in [-0.15, -0.1) is 0 Å². The highest BCUT2D eigenvalue weighted by Gasteiger charge is 2.30. The van der Waals surface area contributed by atoms with Crippen molar-refractivity contribution in [3.8, 4) is 5.75 Å². The van der Waals surface area contributed by atoms with Gasteiger partial charge >= 0.3 is 0 Å². The van der Waals surface area contributed by atoms with Crippen molar-refractivity contribution >= 4 is 34.1 Å². The molecular formula is C30H37N7O3. The number of rotatable bonds is 6. The predicted octanol–water partition coefficient (Wildman–Crippen LogP) is 1.85. The first-order valence-corrected chi connectivity index (χ1v) is 14.1. The maximum atomic E-state index is 12.2. The zero-order chi connectivity index (χ0) is 27.6. The summed E-state index contributed by atoms with van der Waals surface area (Å²) < 4.78 is 0. The molecule has 0 aliphatic carbocycles. The Bertz CT molecular complexity index is 1400. The van der Waals surface area contributed by atoms with Gasteiger partial charge < -0.3 is 29.8 Å². The smallest absolute Gasteiger partial charge is 0.246 e. The minimum atomic E-state index is -0.0280. The molecule has 1 aromatic heterocycles. The van der Waals surface area contributed by atoms with Gasteiger partial charge in [0.2, 0.25) is 11.9 Å². The van der Waals surface area contributed by atoms with Gasteiger partial charge in [-0.25, -0.2) is 4.98 Å². The van der Waals surface area contributed by atoms with Crippen LogP contribution in [0.1, 0.15) is 11.3 Å². The quantitative estimate of drug-likeness (QED) is 0.451. The van der Waals surface area contributed by atoms with Gasteiger partial charge in [0.25, 0.3) is 0 Å². The molecule has 3 aliphatic rings. The van der Waals surface area contributed by atoms with E-state index in [0.29, 0.717) is 39.3 Å². The van der Waals surface area contributed by atoms with Crippen LogP contribution >= 0.6 is 0 Å². The molecule has 3 aliphatic heterocycles. The van der Waals surface area contributed by atoms with Crippen LogP contribution in [0, 0.1) is 0 Å². The minimum absolute atomic E-state index is 0.0280. The lowest BCUT2D eigenvalue weighted by Crippen LogP contribution is -2.50. The second-order valence-electron chi connectivity index (χ2n) is 10.7. The number of aliphatic hydroxyl groups excluding tert-OH is 1. The van der Waals surface area contributed by atoms with E-state index in [9.17, 15) is 15.0 Å². The predicted molar refractivity (Wildman–Crippen MR) is 157 cm³/mol. The van der Waals surface area contributed by atoms with Crippen LogP contribution in [-0.4, -0.2) is 108 Å². The molecule has 40 heavy (non-hydrogen) atoms. The first kappa shape index (κ1) is 26.3. The number of hydrogen-bond acceptors (Lipinski definition) is 9. The zero-order valence-electron chi connectivity index (χ0n) is 22.9. The van der Waals surface area contributed by atoms with Crippen molar-refractivity contribution < 1.29 is 15.0 Å². The summed E-state index contributed by atoms with van der Waals surface area (Å²) in [6.07, 6.45) is 2.18. The highest BCUT2D eigenvalue weighted by atomic mass is 16.3. The van der Waals surface area contributed by atoms with E-state index in [-0.39, 0.29) is 18.3 Å². The molecule has 2 saturated heterocycles. The van der Waals surface area contributed by atoms with Crippen molar-refractivity contribution in [2.45, 2.75) is 13.0 Å². The number of fused-ring (bicyclic) bond motifs is 2. The number of β-amino-alcohol motifs (C(OH)–C–C–N with tert-alkyl or cyclic N) is 1. The Morgan fingerprint density at radius 1 is 0.925 bits per heavy atom. The van der Waals surface area contributed by atoms with Crippen molar-refractivity contribution in [1.29, 1.82) is 0 Å². The fraction of sp³-hybridized carbons (Fsp3) is 0.433. The third kappa shape index (κ3) is 5.16. The second-order valence-corrected chi connectivity index (χ2v) is 10.7. The molecule has 10 nitrogen and oxygen atoms in total. The number of piperazine rings is 2. The number of phenolic OH excluding ortho intramolecular Hbond substituents is 1. The van der Waals surface area contributed by atoms with Crippen LogP contribution in [0.15, 0.2) is 49.1 Å². The lowest BCUT2D eigenvalue weighted by molar-refractivity contribution is -0.126. The molecule has 2 fully saturated rings. The molecule has 2 aromatic carbocycles. The van der Waals surface area contributed by atoms with E-state index in [2.05, 4.69) is 32.2 Å². The molecule has 0 radical (unpaired) electrons. The first-order valence-electron chi connectivity index (χ1n) is 14.1. The van der Waals surface area contributed by atoms with Gasteiger partial charge in [0, 0.05) is 88.2 Å². The normalized spacial score (nSPS) is 18.2. The first-order chi connectivity index (χ1) is 19.5. The third-order valence-corrected chi connectivity index (χ3v) is 8.33. The van der Waals surface area contributed by atoms with Crippen LogP contribution in [0.2, 0.25) is 0 Å². The van der Waals surface area contributed by atoms with Gasteiger partial charge in [-0.1, -0.05) is 30.8 Å². The van der Waals surface area contributed by atoms with Crippen LogP contribution in [0.3, 0.4) is 0 Å². The third-order valence-electron chi connectivity index (χ3n) is 8.33. The maximum Gasteiger partial charge on any atom is 0.246 e. The Morgan fingerprint density at radius 3 is 2.42 bits per heavy atom. The number of carbonyl (C=O) groups is 1. The van der Waals surface area contributed by atoms with E-state index in [0.717, 1.165) is 73.1 Å². The minimum Gasteiger partial charge on any atom is -0.508 e. The van der Waals surface area contributed by atoms with Crippen LogP contribution in [-0.2, 0) is 17.8 Å². The van der Waals surface area contributed by atoms with Gasteiger partial charge in [0.05, 0.1) is 18.8 Å². The Morgan fingerprint density at radius 2 is 1.68 bits per heavy atom. The number of phenols is 1. The lowest BCUT2D eigenvalue weighted by Gasteiger charge is -2.39. The molecule has 10 heteroatoms. The number of benzene rings is 2. The summed E-state index contributed by atoms with van der Waals surface area (Å²) in [4.78, 5) is 33.4. The summed E-state index contributed by atoms with van der Waals surface area (Å²) in [6.45, 7) is 12.0. The van der Waals surface area contributed by atoms with Crippen molar-refractivity contribution in [1.82, 2.24) is 19.8 Å². The maximum absolute atomic E-state index is 12.2. The van der Waals surface area contributed by atoms with E-state index >= 15 is 0 Å². The highest BCUT2D eigenvalue weighted by molar-refractivity contribution is 5.95. The van der Waals surface area contributed by atoms with Crippen LogP contribution in [0.4, 0.5) is 17.5 Å². The van der Waals surface area contributed by atoms with Crippen molar-refractivity contribution in [2.24, 2.45) is 0 Å². The van der Waals surface area contributed by atoms with E-state index in [4.69, 9.17) is 9.97 Å². The number of aromatic nitrogens is 2. The number of aliphatic hydroxyl groups is 1. The molecule has 4 heterocycles. The molecular weight excluding hydrogens is 506 g/mol. The summed E-state index contributed by atoms with van der Waals surface area (Å²) in [5.74, 6) is 1.95. The Hall–Kier alpha value is -3.89. The van der Waals surface area contributed by atoms with Crippen LogP contribution in [0.5, 0.6) is 5.75 Å².